The Labute approximate surface area is 107 Å². The van der Waals surface area contributed by atoms with Crippen molar-refractivity contribution in [3.05, 3.63) is 20.3 Å². The van der Waals surface area contributed by atoms with E-state index in [-0.39, 0.29) is 12.3 Å². The lowest BCUT2D eigenvalue weighted by Gasteiger charge is -2.13. The molecule has 5 heteroatoms. The largest absolute Gasteiger partial charge is 0.481 e. The highest BCUT2D eigenvalue weighted by Crippen LogP contribution is 2.34. The molecule has 0 bridgehead atoms. The van der Waals surface area contributed by atoms with Crippen LogP contribution in [0.2, 0.25) is 0 Å². The van der Waals surface area contributed by atoms with Crippen LogP contribution in [0.1, 0.15) is 36.3 Å². The van der Waals surface area contributed by atoms with Gasteiger partial charge in [-0.15, -0.1) is 11.3 Å². The number of aliphatic hydroxyl groups is 1. The van der Waals surface area contributed by atoms with Crippen molar-refractivity contribution in [3.63, 3.8) is 0 Å². The molecule has 2 atom stereocenters. The molecule has 3 nitrogen and oxygen atoms in total. The molecule has 1 heterocycles. The fourth-order valence-electron chi connectivity index (χ4n) is 1.53. The molecule has 0 radical (unpaired) electrons. The van der Waals surface area contributed by atoms with Crippen molar-refractivity contribution < 1.29 is 15.0 Å². The number of halogens is 1. The van der Waals surface area contributed by atoms with E-state index in [1.54, 1.807) is 0 Å². The lowest BCUT2D eigenvalue weighted by molar-refractivity contribution is -0.138. The summed E-state index contributed by atoms with van der Waals surface area (Å²) in [7, 11) is 0. The summed E-state index contributed by atoms with van der Waals surface area (Å²) in [6.07, 6.45) is 0.0192. The van der Waals surface area contributed by atoms with Crippen LogP contribution in [0.4, 0.5) is 0 Å². The van der Waals surface area contributed by atoms with Crippen molar-refractivity contribution >= 4 is 33.2 Å². The number of aliphatic carboxylic acids is 1. The highest BCUT2D eigenvalue weighted by molar-refractivity contribution is 9.11. The van der Waals surface area contributed by atoms with Gasteiger partial charge < -0.3 is 10.2 Å². The Morgan fingerprint density at radius 1 is 1.62 bits per heavy atom. The normalized spacial score (nSPS) is 14.8. The van der Waals surface area contributed by atoms with Gasteiger partial charge in [-0.25, -0.2) is 0 Å². The molecule has 0 fully saturated rings. The molecule has 90 valence electrons. The van der Waals surface area contributed by atoms with Gasteiger partial charge in [0.2, 0.25) is 0 Å². The van der Waals surface area contributed by atoms with Crippen molar-refractivity contribution in [3.8, 4) is 0 Å². The maximum atomic E-state index is 10.5. The van der Waals surface area contributed by atoms with E-state index in [9.17, 15) is 9.90 Å². The molecule has 0 aromatic carbocycles. The number of rotatable bonds is 5. The number of carbonyl (C=O) groups is 1. The second kappa shape index (κ2) is 5.80. The predicted octanol–water partition coefficient (Wildman–Crippen LogP) is 3.35. The van der Waals surface area contributed by atoms with Crippen molar-refractivity contribution in [2.45, 2.75) is 32.8 Å². The summed E-state index contributed by atoms with van der Waals surface area (Å²) in [5.74, 6) is -0.836. The molecule has 0 amide bonds. The average Bonchev–Trinajstić information content (AvgIpc) is 2.45. The van der Waals surface area contributed by atoms with Gasteiger partial charge in [0.15, 0.2) is 0 Å². The highest BCUT2D eigenvalue weighted by Gasteiger charge is 2.17. The summed E-state index contributed by atoms with van der Waals surface area (Å²) in [6.45, 7) is 3.81. The lowest BCUT2D eigenvalue weighted by atomic mass is 9.99. The number of carboxylic acids is 1. The summed E-state index contributed by atoms with van der Waals surface area (Å²) in [5, 5.41) is 18.6. The molecule has 0 spiro atoms. The van der Waals surface area contributed by atoms with Crippen LogP contribution in [-0.2, 0) is 4.79 Å². The minimum Gasteiger partial charge on any atom is -0.481 e. The van der Waals surface area contributed by atoms with Crippen molar-refractivity contribution in [2.75, 3.05) is 0 Å². The second-order valence-electron chi connectivity index (χ2n) is 4.06. The molecule has 1 aromatic heterocycles. The van der Waals surface area contributed by atoms with Crippen LogP contribution in [0, 0.1) is 12.8 Å². The number of aliphatic hydroxyl groups excluding tert-OH is 1. The van der Waals surface area contributed by atoms with Gasteiger partial charge in [-0.2, -0.15) is 0 Å². The Morgan fingerprint density at radius 3 is 2.69 bits per heavy atom. The standard InChI is InChI=1S/C11H15BrO3S/c1-6(4-10(14)15)3-8(13)9-5-7(2)11(12)16-9/h5-6,8,13H,3-4H2,1-2H3,(H,14,15). The topological polar surface area (TPSA) is 57.5 Å². The average molecular weight is 307 g/mol. The number of thiophene rings is 1. The molecule has 0 aliphatic carbocycles. The molecule has 0 aliphatic heterocycles. The maximum absolute atomic E-state index is 10.5. The fraction of sp³-hybridized carbons (Fsp3) is 0.545. The molecule has 16 heavy (non-hydrogen) atoms. The van der Waals surface area contributed by atoms with Crippen LogP contribution in [0.15, 0.2) is 9.85 Å². The molecule has 2 N–H and O–H groups in total. The Bertz CT molecular complexity index is 356. The van der Waals surface area contributed by atoms with E-state index in [1.807, 2.05) is 19.9 Å². The molecule has 0 saturated carbocycles. The summed E-state index contributed by atoms with van der Waals surface area (Å²) >= 11 is 4.91. The monoisotopic (exact) mass is 306 g/mol. The molecule has 0 aliphatic rings. The first kappa shape index (κ1) is 13.7. The minimum absolute atomic E-state index is 0.0197. The Balaban J connectivity index is 2.58. The van der Waals surface area contributed by atoms with Crippen LogP contribution in [0.3, 0.4) is 0 Å². The number of aryl methyl sites for hydroxylation is 1. The van der Waals surface area contributed by atoms with Crippen molar-refractivity contribution in [1.82, 2.24) is 0 Å². The third-order valence-corrected chi connectivity index (χ3v) is 4.59. The molecule has 2 unspecified atom stereocenters. The van der Waals surface area contributed by atoms with Gasteiger partial charge in [0, 0.05) is 11.3 Å². The molecule has 1 aromatic rings. The smallest absolute Gasteiger partial charge is 0.303 e. The number of hydrogen-bond donors (Lipinski definition) is 2. The summed E-state index contributed by atoms with van der Waals surface area (Å²) in [6, 6.07) is 1.94. The van der Waals surface area contributed by atoms with Gasteiger partial charge in [0.1, 0.15) is 0 Å². The van der Waals surface area contributed by atoms with E-state index in [4.69, 9.17) is 5.11 Å². The SMILES string of the molecule is Cc1cc(C(O)CC(C)CC(=O)O)sc1Br. The lowest BCUT2D eigenvalue weighted by Crippen LogP contribution is -2.08. The summed E-state index contributed by atoms with van der Waals surface area (Å²) in [5.41, 5.74) is 1.10. The van der Waals surface area contributed by atoms with Gasteiger partial charge in [-0.05, 0) is 46.8 Å². The first-order chi connectivity index (χ1) is 7.40. The van der Waals surface area contributed by atoms with Gasteiger partial charge in [-0.1, -0.05) is 6.92 Å². The zero-order valence-electron chi connectivity index (χ0n) is 9.24. The maximum Gasteiger partial charge on any atom is 0.303 e. The van der Waals surface area contributed by atoms with Crippen LogP contribution in [-0.4, -0.2) is 16.2 Å². The molecule has 1 rings (SSSR count). The third kappa shape index (κ3) is 3.88. The second-order valence-corrected chi connectivity index (χ2v) is 6.46. The number of carboxylic acid groups (broad SMARTS) is 1. The summed E-state index contributed by atoms with van der Waals surface area (Å²) < 4.78 is 1.02. The van der Waals surface area contributed by atoms with Gasteiger partial charge in [0.25, 0.3) is 0 Å². The fourth-order valence-corrected chi connectivity index (χ4v) is 3.10. The van der Waals surface area contributed by atoms with E-state index < -0.39 is 12.1 Å². The van der Waals surface area contributed by atoms with Crippen LogP contribution in [0.5, 0.6) is 0 Å². The zero-order chi connectivity index (χ0) is 12.3. The molecular formula is C11H15BrO3S. The zero-order valence-corrected chi connectivity index (χ0v) is 11.6. The van der Waals surface area contributed by atoms with Crippen LogP contribution < -0.4 is 0 Å². The Kier molecular flexibility index (Phi) is 4.95. The van der Waals surface area contributed by atoms with Gasteiger partial charge in [-0.3, -0.25) is 4.79 Å². The first-order valence-corrected chi connectivity index (χ1v) is 6.66. The minimum atomic E-state index is -0.816. The van der Waals surface area contributed by atoms with Crippen molar-refractivity contribution in [1.29, 1.82) is 0 Å². The molecular weight excluding hydrogens is 292 g/mol. The van der Waals surface area contributed by atoms with Crippen LogP contribution >= 0.6 is 27.3 Å². The van der Waals surface area contributed by atoms with E-state index in [0.717, 1.165) is 14.2 Å². The van der Waals surface area contributed by atoms with Crippen molar-refractivity contribution in [2.24, 2.45) is 5.92 Å². The van der Waals surface area contributed by atoms with E-state index in [2.05, 4.69) is 15.9 Å². The Hall–Kier alpha value is -0.390. The van der Waals surface area contributed by atoms with Gasteiger partial charge in [0.05, 0.1) is 9.89 Å². The number of hydrogen-bond acceptors (Lipinski definition) is 3. The van der Waals surface area contributed by atoms with E-state index in [1.165, 1.54) is 11.3 Å². The molecule has 0 saturated heterocycles. The van der Waals surface area contributed by atoms with Gasteiger partial charge >= 0.3 is 5.97 Å². The summed E-state index contributed by atoms with van der Waals surface area (Å²) in [4.78, 5) is 11.4. The third-order valence-electron chi connectivity index (χ3n) is 2.35. The first-order valence-electron chi connectivity index (χ1n) is 5.05. The quantitative estimate of drug-likeness (QED) is 0.877. The van der Waals surface area contributed by atoms with E-state index >= 15 is 0 Å². The van der Waals surface area contributed by atoms with Crippen LogP contribution in [0.25, 0.3) is 0 Å². The predicted molar refractivity (Wildman–Crippen MR) is 67.7 cm³/mol. The van der Waals surface area contributed by atoms with E-state index in [0.29, 0.717) is 6.42 Å². The Morgan fingerprint density at radius 2 is 2.25 bits per heavy atom. The highest BCUT2D eigenvalue weighted by atomic mass is 79.9.